The maximum atomic E-state index is 13.4. The van der Waals surface area contributed by atoms with Crippen LogP contribution in [0.2, 0.25) is 5.02 Å². The SMILES string of the molecule is Fc1cccc(Cl)c1NCCN1CCCC1. The molecule has 88 valence electrons. The van der Waals surface area contributed by atoms with Crippen molar-refractivity contribution in [1.29, 1.82) is 0 Å². The Morgan fingerprint density at radius 3 is 2.75 bits per heavy atom. The fourth-order valence-electron chi connectivity index (χ4n) is 2.01. The lowest BCUT2D eigenvalue weighted by Gasteiger charge is -2.16. The minimum absolute atomic E-state index is 0.283. The molecule has 0 spiro atoms. The van der Waals surface area contributed by atoms with Crippen LogP contribution in [0.5, 0.6) is 0 Å². The number of hydrogen-bond donors (Lipinski definition) is 1. The van der Waals surface area contributed by atoms with Crippen LogP contribution in [0.4, 0.5) is 10.1 Å². The van der Waals surface area contributed by atoms with Gasteiger partial charge in [-0.2, -0.15) is 0 Å². The van der Waals surface area contributed by atoms with Crippen LogP contribution >= 0.6 is 11.6 Å². The predicted molar refractivity (Wildman–Crippen MR) is 65.6 cm³/mol. The lowest BCUT2D eigenvalue weighted by molar-refractivity contribution is 0.352. The Labute approximate surface area is 100 Å². The third kappa shape index (κ3) is 2.86. The van der Waals surface area contributed by atoms with Gasteiger partial charge in [0.25, 0.3) is 0 Å². The van der Waals surface area contributed by atoms with Crippen LogP contribution in [0.3, 0.4) is 0 Å². The second kappa shape index (κ2) is 5.51. The Morgan fingerprint density at radius 1 is 1.31 bits per heavy atom. The van der Waals surface area contributed by atoms with E-state index in [1.165, 1.54) is 18.9 Å². The summed E-state index contributed by atoms with van der Waals surface area (Å²) in [7, 11) is 0. The van der Waals surface area contributed by atoms with Crippen molar-refractivity contribution in [2.75, 3.05) is 31.5 Å². The van der Waals surface area contributed by atoms with Gasteiger partial charge in [-0.25, -0.2) is 4.39 Å². The summed E-state index contributed by atoms with van der Waals surface area (Å²) in [5.41, 5.74) is 0.420. The predicted octanol–water partition coefficient (Wildman–Crippen LogP) is 2.99. The molecule has 2 nitrogen and oxygen atoms in total. The Hall–Kier alpha value is -0.800. The van der Waals surface area contributed by atoms with E-state index in [1.54, 1.807) is 12.1 Å². The monoisotopic (exact) mass is 242 g/mol. The molecule has 16 heavy (non-hydrogen) atoms. The van der Waals surface area contributed by atoms with E-state index >= 15 is 0 Å². The molecule has 1 N–H and O–H groups in total. The first-order chi connectivity index (χ1) is 7.77. The van der Waals surface area contributed by atoms with Crippen molar-refractivity contribution in [1.82, 2.24) is 4.90 Å². The quantitative estimate of drug-likeness (QED) is 0.873. The molecule has 0 amide bonds. The molecule has 0 radical (unpaired) electrons. The van der Waals surface area contributed by atoms with Crippen LogP contribution in [-0.4, -0.2) is 31.1 Å². The van der Waals surface area contributed by atoms with E-state index < -0.39 is 0 Å². The number of nitrogens with one attached hydrogen (secondary N) is 1. The molecule has 1 heterocycles. The first-order valence-corrected chi connectivity index (χ1v) is 6.05. The number of anilines is 1. The van der Waals surface area contributed by atoms with Crippen molar-refractivity contribution in [2.24, 2.45) is 0 Å². The standard InChI is InChI=1S/C12H16ClFN2/c13-10-4-3-5-11(14)12(10)15-6-9-16-7-1-2-8-16/h3-5,15H,1-2,6-9H2. The normalized spacial score (nSPS) is 16.6. The Bertz CT molecular complexity index is 331. The molecular weight excluding hydrogens is 227 g/mol. The molecular formula is C12H16ClFN2. The zero-order valence-electron chi connectivity index (χ0n) is 9.18. The van der Waals surface area contributed by atoms with Gasteiger partial charge in [0.2, 0.25) is 0 Å². The second-order valence-electron chi connectivity index (χ2n) is 4.07. The molecule has 0 atom stereocenters. The molecule has 1 aromatic carbocycles. The van der Waals surface area contributed by atoms with Gasteiger partial charge in [0.05, 0.1) is 10.7 Å². The van der Waals surface area contributed by atoms with E-state index in [0.29, 0.717) is 10.7 Å². The summed E-state index contributed by atoms with van der Waals surface area (Å²) in [6, 6.07) is 4.73. The molecule has 1 aliphatic rings. The van der Waals surface area contributed by atoms with Gasteiger partial charge in [-0.15, -0.1) is 0 Å². The van der Waals surface area contributed by atoms with E-state index in [9.17, 15) is 4.39 Å². The molecule has 2 rings (SSSR count). The molecule has 0 aromatic heterocycles. The van der Waals surface area contributed by atoms with Crippen LogP contribution in [0.1, 0.15) is 12.8 Å². The number of nitrogens with zero attached hydrogens (tertiary/aromatic N) is 1. The van der Waals surface area contributed by atoms with Gasteiger partial charge in [-0.1, -0.05) is 17.7 Å². The summed E-state index contributed by atoms with van der Waals surface area (Å²) in [6.07, 6.45) is 2.56. The van der Waals surface area contributed by atoms with E-state index in [1.807, 2.05) is 0 Å². The van der Waals surface area contributed by atoms with E-state index in [-0.39, 0.29) is 5.82 Å². The summed E-state index contributed by atoms with van der Waals surface area (Å²) in [5, 5.41) is 3.51. The van der Waals surface area contributed by atoms with Crippen molar-refractivity contribution < 1.29 is 4.39 Å². The van der Waals surface area contributed by atoms with Gasteiger partial charge in [-0.05, 0) is 38.1 Å². The highest BCUT2D eigenvalue weighted by Gasteiger charge is 2.11. The van der Waals surface area contributed by atoms with E-state index in [0.717, 1.165) is 26.2 Å². The zero-order valence-corrected chi connectivity index (χ0v) is 9.93. The highest BCUT2D eigenvalue weighted by Crippen LogP contribution is 2.24. The zero-order chi connectivity index (χ0) is 11.4. The van der Waals surface area contributed by atoms with Crippen LogP contribution < -0.4 is 5.32 Å². The number of rotatable bonds is 4. The highest BCUT2D eigenvalue weighted by molar-refractivity contribution is 6.33. The van der Waals surface area contributed by atoms with Crippen LogP contribution in [0, 0.1) is 5.82 Å². The van der Waals surface area contributed by atoms with E-state index in [4.69, 9.17) is 11.6 Å². The van der Waals surface area contributed by atoms with Crippen molar-refractivity contribution in [3.05, 3.63) is 29.0 Å². The van der Waals surface area contributed by atoms with Gasteiger partial charge in [0.15, 0.2) is 0 Å². The summed E-state index contributed by atoms with van der Waals surface area (Å²) in [6.45, 7) is 4.00. The second-order valence-corrected chi connectivity index (χ2v) is 4.48. The number of halogens is 2. The van der Waals surface area contributed by atoms with Gasteiger partial charge < -0.3 is 10.2 Å². The van der Waals surface area contributed by atoms with Crippen LogP contribution in [0.15, 0.2) is 18.2 Å². The van der Waals surface area contributed by atoms with Crippen LogP contribution in [-0.2, 0) is 0 Å². The summed E-state index contributed by atoms with van der Waals surface area (Å²) in [4.78, 5) is 2.38. The van der Waals surface area contributed by atoms with Gasteiger partial charge in [0, 0.05) is 13.1 Å². The van der Waals surface area contributed by atoms with Crippen LogP contribution in [0.25, 0.3) is 0 Å². The molecule has 4 heteroatoms. The summed E-state index contributed by atoms with van der Waals surface area (Å²) < 4.78 is 13.4. The first kappa shape index (κ1) is 11.7. The third-order valence-corrected chi connectivity index (χ3v) is 3.21. The smallest absolute Gasteiger partial charge is 0.147 e. The average molecular weight is 243 g/mol. The average Bonchev–Trinajstić information content (AvgIpc) is 2.75. The van der Waals surface area contributed by atoms with Crippen molar-refractivity contribution in [2.45, 2.75) is 12.8 Å². The summed E-state index contributed by atoms with van der Waals surface area (Å²) in [5.74, 6) is -0.283. The molecule has 1 aromatic rings. The Balaban J connectivity index is 1.84. The number of benzene rings is 1. The minimum Gasteiger partial charge on any atom is -0.380 e. The van der Waals surface area contributed by atoms with E-state index in [2.05, 4.69) is 10.2 Å². The number of likely N-dealkylation sites (tertiary alicyclic amines) is 1. The lowest BCUT2D eigenvalue weighted by Crippen LogP contribution is -2.26. The molecule has 0 saturated carbocycles. The Kier molecular flexibility index (Phi) is 4.02. The first-order valence-electron chi connectivity index (χ1n) is 5.67. The fraction of sp³-hybridized carbons (Fsp3) is 0.500. The lowest BCUT2D eigenvalue weighted by atomic mass is 10.3. The minimum atomic E-state index is -0.283. The van der Waals surface area contributed by atoms with Gasteiger partial charge >= 0.3 is 0 Å². The maximum Gasteiger partial charge on any atom is 0.147 e. The molecule has 1 fully saturated rings. The van der Waals surface area contributed by atoms with Crippen molar-refractivity contribution in [3.8, 4) is 0 Å². The summed E-state index contributed by atoms with van der Waals surface area (Å²) >= 11 is 5.91. The third-order valence-electron chi connectivity index (χ3n) is 2.89. The number of para-hydroxylation sites is 1. The maximum absolute atomic E-state index is 13.4. The van der Waals surface area contributed by atoms with Crippen molar-refractivity contribution in [3.63, 3.8) is 0 Å². The van der Waals surface area contributed by atoms with Gasteiger partial charge in [-0.3, -0.25) is 0 Å². The topological polar surface area (TPSA) is 15.3 Å². The molecule has 1 aliphatic heterocycles. The molecule has 1 saturated heterocycles. The molecule has 0 aliphatic carbocycles. The largest absolute Gasteiger partial charge is 0.380 e. The molecule has 0 bridgehead atoms. The van der Waals surface area contributed by atoms with Crippen molar-refractivity contribution >= 4 is 17.3 Å². The number of hydrogen-bond acceptors (Lipinski definition) is 2. The fourth-order valence-corrected chi connectivity index (χ4v) is 2.24. The van der Waals surface area contributed by atoms with Gasteiger partial charge in [0.1, 0.15) is 5.82 Å². The Morgan fingerprint density at radius 2 is 2.06 bits per heavy atom. The molecule has 0 unspecified atom stereocenters. The highest BCUT2D eigenvalue weighted by atomic mass is 35.5.